The zero-order chi connectivity index (χ0) is 23.3. The Morgan fingerprint density at radius 3 is 2.50 bits per heavy atom. The Morgan fingerprint density at radius 1 is 1.03 bits per heavy atom. The summed E-state index contributed by atoms with van der Waals surface area (Å²) in [6.07, 6.45) is 0. The van der Waals surface area contributed by atoms with Gasteiger partial charge in [0.25, 0.3) is 0 Å². The molecule has 0 radical (unpaired) electrons. The van der Waals surface area contributed by atoms with Crippen LogP contribution in [0.25, 0.3) is 11.1 Å². The molecule has 0 unspecified atom stereocenters. The second-order valence-electron chi connectivity index (χ2n) is 7.10. The Morgan fingerprint density at radius 2 is 1.78 bits per heavy atom. The first-order chi connectivity index (χ1) is 15.3. The molecule has 8 heteroatoms. The molecule has 0 bridgehead atoms. The zero-order valence-electron chi connectivity index (χ0n) is 17.5. The fourth-order valence-corrected chi connectivity index (χ4v) is 3.20. The summed E-state index contributed by atoms with van der Waals surface area (Å²) < 4.78 is 52.4. The molecule has 0 saturated carbocycles. The number of carboxylic acid groups (broad SMARTS) is 1. The van der Waals surface area contributed by atoms with Crippen LogP contribution in [0.1, 0.15) is 28.9 Å². The van der Waals surface area contributed by atoms with E-state index in [1.807, 2.05) is 31.2 Å². The first-order valence-corrected chi connectivity index (χ1v) is 9.82. The smallest absolute Gasteiger partial charge is 0.338 e. The van der Waals surface area contributed by atoms with Crippen LogP contribution in [-0.2, 0) is 0 Å². The molecule has 0 fully saturated rings. The number of nitrogens with one attached hydrogen (secondary N) is 1. The van der Waals surface area contributed by atoms with Gasteiger partial charge in [-0.05, 0) is 60.0 Å². The summed E-state index contributed by atoms with van der Waals surface area (Å²) in [7, 11) is 1.60. The van der Waals surface area contributed by atoms with Gasteiger partial charge in [-0.25, -0.2) is 18.0 Å². The van der Waals surface area contributed by atoms with Gasteiger partial charge < -0.3 is 19.9 Å². The number of carbonyl (C=O) groups is 1. The molecule has 3 rings (SSSR count). The SMILES string of the molecule is COc1cccc([C@@H](C)NCCOc2cc(F)cc(-c3cc(F)c(F)c(C(=O)O)c3)c2)c1. The number of benzene rings is 3. The molecule has 1 atom stereocenters. The third kappa shape index (κ3) is 5.59. The fraction of sp³-hybridized carbons (Fsp3) is 0.208. The normalized spacial score (nSPS) is 11.8. The molecule has 0 saturated heterocycles. The lowest BCUT2D eigenvalue weighted by Crippen LogP contribution is -2.24. The van der Waals surface area contributed by atoms with Crippen LogP contribution in [0.5, 0.6) is 11.5 Å². The van der Waals surface area contributed by atoms with E-state index >= 15 is 0 Å². The van der Waals surface area contributed by atoms with Gasteiger partial charge >= 0.3 is 5.97 Å². The van der Waals surface area contributed by atoms with Gasteiger partial charge in [0.05, 0.1) is 12.7 Å². The molecule has 0 amide bonds. The van der Waals surface area contributed by atoms with Crippen molar-refractivity contribution in [3.63, 3.8) is 0 Å². The molecule has 168 valence electrons. The molecule has 0 aliphatic carbocycles. The van der Waals surface area contributed by atoms with Crippen LogP contribution >= 0.6 is 0 Å². The van der Waals surface area contributed by atoms with Crippen molar-refractivity contribution in [1.29, 1.82) is 0 Å². The lowest BCUT2D eigenvalue weighted by Gasteiger charge is -2.16. The summed E-state index contributed by atoms with van der Waals surface area (Å²) in [5.74, 6) is -4.14. The largest absolute Gasteiger partial charge is 0.497 e. The number of ether oxygens (including phenoxy) is 2. The maximum atomic E-state index is 14.1. The monoisotopic (exact) mass is 445 g/mol. The van der Waals surface area contributed by atoms with Crippen molar-refractivity contribution < 1.29 is 32.5 Å². The van der Waals surface area contributed by atoms with Gasteiger partial charge in [-0.2, -0.15) is 0 Å². The quantitative estimate of drug-likeness (QED) is 0.443. The van der Waals surface area contributed by atoms with Gasteiger partial charge in [-0.3, -0.25) is 0 Å². The highest BCUT2D eigenvalue weighted by molar-refractivity contribution is 5.90. The average molecular weight is 445 g/mol. The van der Waals surface area contributed by atoms with Gasteiger partial charge in [0.1, 0.15) is 23.9 Å². The number of hydrogen-bond acceptors (Lipinski definition) is 4. The van der Waals surface area contributed by atoms with Crippen molar-refractivity contribution in [2.45, 2.75) is 13.0 Å². The molecule has 0 aliphatic rings. The predicted molar refractivity (Wildman–Crippen MR) is 114 cm³/mol. The highest BCUT2D eigenvalue weighted by atomic mass is 19.2. The predicted octanol–water partition coefficient (Wildman–Crippen LogP) is 5.21. The van der Waals surface area contributed by atoms with Gasteiger partial charge in [-0.15, -0.1) is 0 Å². The summed E-state index contributed by atoms with van der Waals surface area (Å²) in [6.45, 7) is 2.66. The number of halogens is 3. The van der Waals surface area contributed by atoms with Crippen molar-refractivity contribution in [2.75, 3.05) is 20.3 Å². The molecule has 5 nitrogen and oxygen atoms in total. The van der Waals surface area contributed by atoms with E-state index in [0.29, 0.717) is 6.54 Å². The maximum Gasteiger partial charge on any atom is 0.338 e. The van der Waals surface area contributed by atoms with E-state index in [4.69, 9.17) is 14.6 Å². The zero-order valence-corrected chi connectivity index (χ0v) is 17.5. The van der Waals surface area contributed by atoms with Crippen LogP contribution in [0, 0.1) is 17.5 Å². The third-order valence-electron chi connectivity index (χ3n) is 4.88. The molecule has 2 N–H and O–H groups in total. The van der Waals surface area contributed by atoms with E-state index in [1.165, 1.54) is 6.07 Å². The number of hydrogen-bond donors (Lipinski definition) is 2. The second-order valence-corrected chi connectivity index (χ2v) is 7.10. The van der Waals surface area contributed by atoms with E-state index in [2.05, 4.69) is 5.32 Å². The molecule has 0 aromatic heterocycles. The Bertz CT molecular complexity index is 1120. The first-order valence-electron chi connectivity index (χ1n) is 9.82. The van der Waals surface area contributed by atoms with Crippen molar-refractivity contribution in [3.05, 3.63) is 83.2 Å². The molecule has 3 aromatic rings. The van der Waals surface area contributed by atoms with Crippen molar-refractivity contribution in [3.8, 4) is 22.6 Å². The molecular weight excluding hydrogens is 423 g/mol. The molecule has 3 aromatic carbocycles. The minimum absolute atomic E-state index is 0.0217. The number of aromatic carboxylic acids is 1. The van der Waals surface area contributed by atoms with Crippen LogP contribution in [0.2, 0.25) is 0 Å². The molecule has 0 aliphatic heterocycles. The van der Waals surface area contributed by atoms with E-state index in [1.54, 1.807) is 7.11 Å². The summed E-state index contributed by atoms with van der Waals surface area (Å²) >= 11 is 0. The maximum absolute atomic E-state index is 14.1. The van der Waals surface area contributed by atoms with E-state index in [9.17, 15) is 18.0 Å². The standard InChI is InChI=1S/C24H22F3NO4/c1-14(15-4-3-5-19(9-15)31-2)28-6-7-32-20-10-16(8-18(25)13-20)17-11-21(24(29)30)23(27)22(26)12-17/h3-5,8-14,28H,6-7H2,1-2H3,(H,29,30)/t14-/m1/s1. The summed E-state index contributed by atoms with van der Waals surface area (Å²) in [5.41, 5.74) is 0.391. The van der Waals surface area contributed by atoms with Crippen molar-refractivity contribution in [2.24, 2.45) is 0 Å². The van der Waals surface area contributed by atoms with Crippen molar-refractivity contribution in [1.82, 2.24) is 5.32 Å². The van der Waals surface area contributed by atoms with Crippen LogP contribution in [0.4, 0.5) is 13.2 Å². The van der Waals surface area contributed by atoms with Gasteiger partial charge in [-0.1, -0.05) is 12.1 Å². The van der Waals surface area contributed by atoms with Gasteiger partial charge in [0.15, 0.2) is 11.6 Å². The Hall–Kier alpha value is -3.52. The minimum atomic E-state index is -1.62. The van der Waals surface area contributed by atoms with Gasteiger partial charge in [0.2, 0.25) is 0 Å². The average Bonchev–Trinajstić information content (AvgIpc) is 2.77. The lowest BCUT2D eigenvalue weighted by atomic mass is 10.0. The lowest BCUT2D eigenvalue weighted by molar-refractivity contribution is 0.0690. The number of carboxylic acids is 1. The van der Waals surface area contributed by atoms with Crippen LogP contribution < -0.4 is 14.8 Å². The molecule has 0 spiro atoms. The van der Waals surface area contributed by atoms with E-state index in [-0.39, 0.29) is 29.5 Å². The molecular formula is C24H22F3NO4. The van der Waals surface area contributed by atoms with Crippen molar-refractivity contribution >= 4 is 5.97 Å². The Kier molecular flexibility index (Phi) is 7.37. The van der Waals surface area contributed by atoms with Crippen LogP contribution in [0.15, 0.2) is 54.6 Å². The minimum Gasteiger partial charge on any atom is -0.497 e. The summed E-state index contributed by atoms with van der Waals surface area (Å²) in [6, 6.07) is 13.1. The topological polar surface area (TPSA) is 67.8 Å². The molecule has 0 heterocycles. The fourth-order valence-electron chi connectivity index (χ4n) is 3.20. The van der Waals surface area contributed by atoms with Crippen LogP contribution in [0.3, 0.4) is 0 Å². The van der Waals surface area contributed by atoms with E-state index < -0.39 is 29.0 Å². The van der Waals surface area contributed by atoms with Gasteiger partial charge in [0, 0.05) is 18.7 Å². The molecule has 32 heavy (non-hydrogen) atoms. The Balaban J connectivity index is 1.67. The number of rotatable bonds is 9. The Labute approximate surface area is 183 Å². The summed E-state index contributed by atoms with van der Waals surface area (Å²) in [4.78, 5) is 11.1. The highest BCUT2D eigenvalue weighted by Gasteiger charge is 2.18. The number of methoxy groups -OCH3 is 1. The highest BCUT2D eigenvalue weighted by Crippen LogP contribution is 2.29. The van der Waals surface area contributed by atoms with Crippen LogP contribution in [-0.4, -0.2) is 31.3 Å². The third-order valence-corrected chi connectivity index (χ3v) is 4.88. The second kappa shape index (κ2) is 10.2. The first kappa shape index (κ1) is 23.1. The summed E-state index contributed by atoms with van der Waals surface area (Å²) in [5, 5.41) is 12.3. The van der Waals surface area contributed by atoms with E-state index in [0.717, 1.165) is 35.6 Å².